The van der Waals surface area contributed by atoms with Crippen LogP contribution in [0.15, 0.2) is 47.3 Å². The summed E-state index contributed by atoms with van der Waals surface area (Å²) < 4.78 is 12.8. The van der Waals surface area contributed by atoms with E-state index in [0.717, 1.165) is 19.4 Å². The second-order valence-corrected chi connectivity index (χ2v) is 9.92. The zero-order chi connectivity index (χ0) is 26.2. The lowest BCUT2D eigenvalue weighted by Crippen LogP contribution is -2.37. The molecule has 2 heterocycles. The van der Waals surface area contributed by atoms with Crippen molar-refractivity contribution < 1.29 is 14.3 Å². The number of ether oxygens (including phenoxy) is 2. The van der Waals surface area contributed by atoms with Gasteiger partial charge in [0, 0.05) is 11.6 Å². The van der Waals surface area contributed by atoms with E-state index in [9.17, 15) is 9.59 Å². The normalized spacial score (nSPS) is 14.2. The van der Waals surface area contributed by atoms with Crippen molar-refractivity contribution in [1.29, 1.82) is 0 Å². The summed E-state index contributed by atoms with van der Waals surface area (Å²) in [6, 6.07) is 12.7. The van der Waals surface area contributed by atoms with Crippen LogP contribution in [0.3, 0.4) is 0 Å². The Kier molecular flexibility index (Phi) is 9.17. The molecule has 4 rings (SSSR count). The number of amides is 1. The zero-order valence-corrected chi connectivity index (χ0v) is 22.2. The summed E-state index contributed by atoms with van der Waals surface area (Å²) in [4.78, 5) is 33.6. The number of unbranched alkanes of at least 4 members (excludes halogenated alkanes) is 1. The third kappa shape index (κ3) is 7.10. The van der Waals surface area contributed by atoms with Crippen LogP contribution in [0.4, 0.5) is 0 Å². The number of hydrogen-bond donors (Lipinski definition) is 1. The van der Waals surface area contributed by atoms with Crippen molar-refractivity contribution in [3.05, 3.63) is 52.8 Å². The van der Waals surface area contributed by atoms with E-state index in [4.69, 9.17) is 14.5 Å². The van der Waals surface area contributed by atoms with Gasteiger partial charge in [-0.1, -0.05) is 18.6 Å². The van der Waals surface area contributed by atoms with E-state index in [2.05, 4.69) is 10.2 Å². The molecule has 0 saturated carbocycles. The number of nitrogens with one attached hydrogen (secondary N) is 1. The quantitative estimate of drug-likeness (QED) is 0.392. The number of rotatable bonds is 11. The lowest BCUT2D eigenvalue weighted by molar-refractivity contribution is -0.122. The van der Waals surface area contributed by atoms with Gasteiger partial charge in [0.1, 0.15) is 23.9 Å². The van der Waals surface area contributed by atoms with Gasteiger partial charge >= 0.3 is 0 Å². The molecular weight excluding hydrogens is 468 g/mol. The minimum Gasteiger partial charge on any atom is -0.497 e. The van der Waals surface area contributed by atoms with Gasteiger partial charge in [0.05, 0.1) is 24.6 Å². The topological polar surface area (TPSA) is 85.7 Å². The molecule has 1 N–H and O–H groups in total. The van der Waals surface area contributed by atoms with Crippen LogP contribution in [0.2, 0.25) is 0 Å². The average molecular weight is 507 g/mol. The Morgan fingerprint density at radius 1 is 1.05 bits per heavy atom. The summed E-state index contributed by atoms with van der Waals surface area (Å²) in [6.07, 6.45) is 6.01. The predicted molar refractivity (Wildman–Crippen MR) is 146 cm³/mol. The first kappa shape index (κ1) is 26.7. The number of methoxy groups -OCH3 is 1. The number of carbonyl (C=O) groups excluding carboxylic acids is 1. The van der Waals surface area contributed by atoms with Crippen LogP contribution in [-0.2, 0) is 11.3 Å². The van der Waals surface area contributed by atoms with Gasteiger partial charge in [-0.15, -0.1) is 0 Å². The lowest BCUT2D eigenvalue weighted by atomic mass is 10.1. The van der Waals surface area contributed by atoms with E-state index in [1.165, 1.54) is 36.9 Å². The highest BCUT2D eigenvalue weighted by Gasteiger charge is 2.17. The molecule has 1 aliphatic heterocycles. The summed E-state index contributed by atoms with van der Waals surface area (Å²) in [5.41, 5.74) is 0.975. The standard InChI is InChI=1S/C29H38N4O4/c1-21(2)30-27(34)20-33-28(22-10-9-11-23(18-22)36-3)31-26-13-12-24(19-25(26)29(33)35)37-17-8-7-16-32-14-5-4-6-15-32/h9-13,18-19,21H,4-8,14-17,20H2,1-3H3,(H,30,34). The van der Waals surface area contributed by atoms with E-state index < -0.39 is 0 Å². The van der Waals surface area contributed by atoms with Crippen molar-refractivity contribution in [3.63, 3.8) is 0 Å². The van der Waals surface area contributed by atoms with Crippen LogP contribution >= 0.6 is 0 Å². The monoisotopic (exact) mass is 506 g/mol. The van der Waals surface area contributed by atoms with Gasteiger partial charge in [-0.3, -0.25) is 14.2 Å². The molecule has 1 aliphatic rings. The molecule has 1 amide bonds. The number of carbonyl (C=O) groups is 1. The van der Waals surface area contributed by atoms with Gasteiger partial charge in [0.25, 0.3) is 5.56 Å². The van der Waals surface area contributed by atoms with Crippen LogP contribution in [0.1, 0.15) is 46.0 Å². The molecule has 198 valence electrons. The molecular formula is C29H38N4O4. The maximum absolute atomic E-state index is 13.7. The van der Waals surface area contributed by atoms with E-state index in [-0.39, 0.29) is 24.1 Å². The second-order valence-electron chi connectivity index (χ2n) is 9.92. The maximum Gasteiger partial charge on any atom is 0.262 e. The van der Waals surface area contributed by atoms with Crippen LogP contribution in [-0.4, -0.2) is 59.8 Å². The lowest BCUT2D eigenvalue weighted by Gasteiger charge is -2.26. The molecule has 1 aromatic heterocycles. The number of piperidine rings is 1. The average Bonchev–Trinajstić information content (AvgIpc) is 2.90. The molecule has 1 saturated heterocycles. The molecule has 0 spiro atoms. The fraction of sp³-hybridized carbons (Fsp3) is 0.483. The molecule has 0 unspecified atom stereocenters. The Balaban J connectivity index is 1.56. The number of nitrogens with zero attached hydrogens (tertiary/aromatic N) is 3. The SMILES string of the molecule is COc1cccc(-c2nc3ccc(OCCCCN4CCCCC4)cc3c(=O)n2CC(=O)NC(C)C)c1. The summed E-state index contributed by atoms with van der Waals surface area (Å²) in [5, 5.41) is 3.29. The molecule has 0 bridgehead atoms. The third-order valence-electron chi connectivity index (χ3n) is 6.59. The third-order valence-corrected chi connectivity index (χ3v) is 6.59. The number of fused-ring (bicyclic) bond motifs is 1. The van der Waals surface area contributed by atoms with Gasteiger partial charge in [-0.25, -0.2) is 4.98 Å². The highest BCUT2D eigenvalue weighted by molar-refractivity contribution is 5.83. The van der Waals surface area contributed by atoms with E-state index in [0.29, 0.717) is 40.4 Å². The van der Waals surface area contributed by atoms with Gasteiger partial charge in [0.15, 0.2) is 0 Å². The number of hydrogen-bond acceptors (Lipinski definition) is 6. The predicted octanol–water partition coefficient (Wildman–Crippen LogP) is 4.24. The number of benzene rings is 2. The van der Waals surface area contributed by atoms with Crippen molar-refractivity contribution in [2.24, 2.45) is 0 Å². The Morgan fingerprint density at radius 3 is 2.62 bits per heavy atom. The van der Waals surface area contributed by atoms with Crippen molar-refractivity contribution in [2.75, 3.05) is 33.4 Å². The van der Waals surface area contributed by atoms with Crippen molar-refractivity contribution in [3.8, 4) is 22.9 Å². The summed E-state index contributed by atoms with van der Waals surface area (Å²) in [5.74, 6) is 1.45. The molecule has 3 aromatic rings. The van der Waals surface area contributed by atoms with Gasteiger partial charge < -0.3 is 19.7 Å². The Hall–Kier alpha value is -3.39. The molecule has 0 aliphatic carbocycles. The summed E-state index contributed by atoms with van der Waals surface area (Å²) in [7, 11) is 1.59. The Morgan fingerprint density at radius 2 is 1.86 bits per heavy atom. The second kappa shape index (κ2) is 12.7. The molecule has 0 radical (unpaired) electrons. The van der Waals surface area contributed by atoms with Crippen molar-refractivity contribution >= 4 is 16.8 Å². The molecule has 2 aromatic carbocycles. The van der Waals surface area contributed by atoms with Crippen LogP contribution in [0.25, 0.3) is 22.3 Å². The fourth-order valence-corrected chi connectivity index (χ4v) is 4.74. The van der Waals surface area contributed by atoms with E-state index >= 15 is 0 Å². The molecule has 37 heavy (non-hydrogen) atoms. The Labute approximate surface area is 218 Å². The van der Waals surface area contributed by atoms with E-state index in [1.807, 2.05) is 50.2 Å². The largest absolute Gasteiger partial charge is 0.497 e. The molecule has 1 fully saturated rings. The van der Waals surface area contributed by atoms with Crippen molar-refractivity contribution in [2.45, 2.75) is 58.5 Å². The van der Waals surface area contributed by atoms with Crippen LogP contribution in [0.5, 0.6) is 11.5 Å². The molecule has 8 heteroatoms. The first-order chi connectivity index (χ1) is 17.9. The van der Waals surface area contributed by atoms with Gasteiger partial charge in [-0.05, 0) is 89.5 Å². The van der Waals surface area contributed by atoms with E-state index in [1.54, 1.807) is 13.2 Å². The zero-order valence-electron chi connectivity index (χ0n) is 22.2. The van der Waals surface area contributed by atoms with Crippen LogP contribution < -0.4 is 20.3 Å². The highest BCUT2D eigenvalue weighted by Crippen LogP contribution is 2.25. The highest BCUT2D eigenvalue weighted by atomic mass is 16.5. The Bertz CT molecular complexity index is 1260. The van der Waals surface area contributed by atoms with Gasteiger partial charge in [0.2, 0.25) is 5.91 Å². The smallest absolute Gasteiger partial charge is 0.262 e. The number of likely N-dealkylation sites (tertiary alicyclic amines) is 1. The minimum absolute atomic E-state index is 0.0354. The molecule has 8 nitrogen and oxygen atoms in total. The maximum atomic E-state index is 13.7. The fourth-order valence-electron chi connectivity index (χ4n) is 4.74. The summed E-state index contributed by atoms with van der Waals surface area (Å²) in [6.45, 7) is 7.77. The summed E-state index contributed by atoms with van der Waals surface area (Å²) >= 11 is 0. The minimum atomic E-state index is -0.280. The van der Waals surface area contributed by atoms with Crippen molar-refractivity contribution in [1.82, 2.24) is 19.8 Å². The number of aromatic nitrogens is 2. The van der Waals surface area contributed by atoms with Gasteiger partial charge in [-0.2, -0.15) is 0 Å². The first-order valence-electron chi connectivity index (χ1n) is 13.3. The van der Waals surface area contributed by atoms with Crippen LogP contribution in [0, 0.1) is 0 Å². The molecule has 0 atom stereocenters. The first-order valence-corrected chi connectivity index (χ1v) is 13.3.